The van der Waals surface area contributed by atoms with Gasteiger partial charge in [-0.2, -0.15) is 0 Å². The van der Waals surface area contributed by atoms with Gasteiger partial charge in [-0.15, -0.1) is 0 Å². The molecule has 0 heterocycles. The van der Waals surface area contributed by atoms with Crippen LogP contribution in [0.5, 0.6) is 0 Å². The normalized spacial score (nSPS) is 9.47. The van der Waals surface area contributed by atoms with E-state index in [0.717, 1.165) is 6.54 Å². The van der Waals surface area contributed by atoms with E-state index in [9.17, 15) is 0 Å². The van der Waals surface area contributed by atoms with Gasteiger partial charge in [0.05, 0.1) is 0 Å². The molecule has 0 rings (SSSR count). The first-order chi connectivity index (χ1) is 7.41. The van der Waals surface area contributed by atoms with Gasteiger partial charge in [0.2, 0.25) is 0 Å². The molecule has 2 N–H and O–H groups in total. The molecule has 0 atom stereocenters. The monoisotopic (exact) mass is 299 g/mol. The van der Waals surface area contributed by atoms with Crippen molar-refractivity contribution in [2.24, 2.45) is 5.73 Å². The Balaban J connectivity index is 0. The van der Waals surface area contributed by atoms with Crippen molar-refractivity contribution in [3.63, 3.8) is 0 Å². The fourth-order valence-electron chi connectivity index (χ4n) is 1.63. The topological polar surface area (TPSA) is 43.1 Å². The molecule has 0 aliphatic carbocycles. The first-order valence-corrected chi connectivity index (χ1v) is 7.10. The van der Waals surface area contributed by atoms with Gasteiger partial charge >= 0.3 is 23.2 Å². The van der Waals surface area contributed by atoms with Crippen molar-refractivity contribution in [1.82, 2.24) is 0 Å². The van der Waals surface area contributed by atoms with Crippen LogP contribution >= 0.6 is 0 Å². The zero-order chi connectivity index (χ0) is 11.8. The van der Waals surface area contributed by atoms with Crippen LogP contribution in [-0.2, 0) is 23.2 Å². The minimum absolute atomic E-state index is 0.700. The van der Waals surface area contributed by atoms with Gasteiger partial charge in [-0.3, -0.25) is 0 Å². The van der Waals surface area contributed by atoms with E-state index in [0.29, 0.717) is 19.8 Å². The molecule has 0 fully saturated rings. The van der Waals surface area contributed by atoms with E-state index in [1.165, 1.54) is 64.2 Å². The fraction of sp³-hybridized carbons (Fsp3) is 1.00. The Hall–Kier alpha value is 0.448. The predicted octanol–water partition coefficient (Wildman–Crippen LogP) is 3.74. The van der Waals surface area contributed by atoms with Crippen LogP contribution in [0.3, 0.4) is 0 Å². The maximum atomic E-state index is 8.26. The quantitative estimate of drug-likeness (QED) is 0.493. The van der Waals surface area contributed by atoms with E-state index in [1.807, 2.05) is 0 Å². The average molecular weight is 297 g/mol. The zero-order valence-corrected chi connectivity index (χ0v) is 12.2. The molecule has 0 aliphatic heterocycles. The predicted molar refractivity (Wildman–Crippen MR) is 61.6 cm³/mol. The Morgan fingerprint density at radius 3 is 1.40 bits per heavy atom. The molecule has 0 spiro atoms. The summed E-state index contributed by atoms with van der Waals surface area (Å²) in [6.07, 6.45) is 13.9. The maximum absolute atomic E-state index is 8.26. The van der Waals surface area contributed by atoms with E-state index in [-0.39, 0.29) is 0 Å². The van der Waals surface area contributed by atoms with Crippen LogP contribution in [0.4, 0.5) is 0 Å². The SMILES string of the molecule is CCCCCCCCCCCCN.[O]=[Mo]. The Morgan fingerprint density at radius 2 is 1.07 bits per heavy atom. The summed E-state index contributed by atoms with van der Waals surface area (Å²) in [7, 11) is 0. The Labute approximate surface area is 107 Å². The number of nitrogens with two attached hydrogens (primary N) is 1. The summed E-state index contributed by atoms with van der Waals surface area (Å²) in [5.74, 6) is 0. The van der Waals surface area contributed by atoms with Gasteiger partial charge in [0.15, 0.2) is 0 Å². The summed E-state index contributed by atoms with van der Waals surface area (Å²) in [5, 5.41) is 0. The number of hydrogen-bond donors (Lipinski definition) is 1. The van der Waals surface area contributed by atoms with Gasteiger partial charge in [-0.1, -0.05) is 64.7 Å². The van der Waals surface area contributed by atoms with Crippen LogP contribution in [-0.4, -0.2) is 6.54 Å². The van der Waals surface area contributed by atoms with Crippen LogP contribution in [0.2, 0.25) is 0 Å². The van der Waals surface area contributed by atoms with Gasteiger partial charge in [-0.25, -0.2) is 0 Å². The molecule has 0 saturated carbocycles. The van der Waals surface area contributed by atoms with Crippen LogP contribution in [0, 0.1) is 0 Å². The Morgan fingerprint density at radius 1 is 0.733 bits per heavy atom. The van der Waals surface area contributed by atoms with Crippen molar-refractivity contribution in [2.75, 3.05) is 6.54 Å². The molecule has 92 valence electrons. The molecule has 0 aliphatic rings. The number of rotatable bonds is 10. The van der Waals surface area contributed by atoms with Crippen molar-refractivity contribution in [3.05, 3.63) is 0 Å². The van der Waals surface area contributed by atoms with Crippen molar-refractivity contribution in [3.8, 4) is 0 Å². The zero-order valence-electron chi connectivity index (χ0n) is 10.2. The molecular formula is C12H27MoNO. The summed E-state index contributed by atoms with van der Waals surface area (Å²) in [6.45, 7) is 3.14. The van der Waals surface area contributed by atoms with Crippen LogP contribution < -0.4 is 5.73 Å². The molecule has 3 heteroatoms. The first-order valence-electron chi connectivity index (χ1n) is 6.28. The molecular weight excluding hydrogens is 270 g/mol. The molecule has 0 unspecified atom stereocenters. The summed E-state index contributed by atoms with van der Waals surface area (Å²) in [4.78, 5) is 0. The van der Waals surface area contributed by atoms with Crippen molar-refractivity contribution < 1.29 is 23.2 Å². The Kier molecular flexibility index (Phi) is 23.7. The third-order valence-electron chi connectivity index (χ3n) is 2.56. The second-order valence-electron chi connectivity index (χ2n) is 3.97. The van der Waals surface area contributed by atoms with Crippen LogP contribution in [0.1, 0.15) is 71.1 Å². The molecule has 0 aromatic rings. The van der Waals surface area contributed by atoms with Gasteiger partial charge in [-0.05, 0) is 13.0 Å². The summed E-state index contributed by atoms with van der Waals surface area (Å²) in [5.41, 5.74) is 5.42. The first kappa shape index (κ1) is 17.8. The second kappa shape index (κ2) is 19.9. The average Bonchev–Trinajstić information content (AvgIpc) is 2.30. The van der Waals surface area contributed by atoms with Gasteiger partial charge < -0.3 is 5.73 Å². The Bertz CT molecular complexity index is 91.6. The standard InChI is InChI=1S/C12H27N.Mo.O/c1-2-3-4-5-6-7-8-9-10-11-12-13;;/h2-13H2,1H3;;. The van der Waals surface area contributed by atoms with E-state index in [2.05, 4.69) is 6.92 Å². The molecule has 2 nitrogen and oxygen atoms in total. The number of hydrogen-bond acceptors (Lipinski definition) is 2. The summed E-state index contributed by atoms with van der Waals surface area (Å²) in [6, 6.07) is 0. The van der Waals surface area contributed by atoms with Crippen molar-refractivity contribution >= 4 is 0 Å². The molecule has 15 heavy (non-hydrogen) atoms. The molecule has 0 radical (unpaired) electrons. The fourth-order valence-corrected chi connectivity index (χ4v) is 1.63. The van der Waals surface area contributed by atoms with E-state index in [1.54, 1.807) is 0 Å². The molecule has 0 bridgehead atoms. The van der Waals surface area contributed by atoms with E-state index >= 15 is 0 Å². The van der Waals surface area contributed by atoms with Crippen molar-refractivity contribution in [2.45, 2.75) is 71.1 Å². The van der Waals surface area contributed by atoms with E-state index in [4.69, 9.17) is 9.13 Å². The van der Waals surface area contributed by atoms with Crippen LogP contribution in [0.25, 0.3) is 0 Å². The number of unbranched alkanes of at least 4 members (excludes halogenated alkanes) is 9. The van der Waals surface area contributed by atoms with Gasteiger partial charge in [0.1, 0.15) is 0 Å². The summed E-state index contributed by atoms with van der Waals surface area (Å²) < 4.78 is 8.26. The molecule has 0 amide bonds. The summed E-state index contributed by atoms with van der Waals surface area (Å²) >= 11 is 0.700. The van der Waals surface area contributed by atoms with Crippen LogP contribution in [0.15, 0.2) is 0 Å². The molecule has 0 saturated heterocycles. The third kappa shape index (κ3) is 20.5. The molecule has 0 aromatic heterocycles. The van der Waals surface area contributed by atoms with Gasteiger partial charge in [0, 0.05) is 0 Å². The second-order valence-corrected chi connectivity index (χ2v) is 3.97. The minimum atomic E-state index is 0.700. The van der Waals surface area contributed by atoms with E-state index < -0.39 is 0 Å². The molecule has 0 aromatic carbocycles. The van der Waals surface area contributed by atoms with Crippen molar-refractivity contribution in [1.29, 1.82) is 0 Å². The third-order valence-corrected chi connectivity index (χ3v) is 2.56. The van der Waals surface area contributed by atoms with Gasteiger partial charge in [0.25, 0.3) is 0 Å².